The third kappa shape index (κ3) is 3.80. The first-order valence-electron chi connectivity index (χ1n) is 11.3. The summed E-state index contributed by atoms with van der Waals surface area (Å²) >= 11 is 1.18. The van der Waals surface area contributed by atoms with Gasteiger partial charge in [-0.2, -0.15) is 9.50 Å². The topological polar surface area (TPSA) is 76.8 Å². The molecule has 0 aliphatic carbocycles. The highest BCUT2D eigenvalue weighted by atomic mass is 32.1. The van der Waals surface area contributed by atoms with Crippen LogP contribution in [0.3, 0.4) is 0 Å². The fraction of sp³-hybridized carbons (Fsp3) is 0.231. The molecule has 7 nitrogen and oxygen atoms in total. The Hall–Kier alpha value is -3.78. The first kappa shape index (κ1) is 22.0. The number of aromatic nitrogens is 3. The van der Waals surface area contributed by atoms with Crippen molar-refractivity contribution in [2.75, 3.05) is 18.1 Å². The maximum atomic E-state index is 13.2. The van der Waals surface area contributed by atoms with Crippen molar-refractivity contribution < 1.29 is 9.53 Å². The molecular weight excluding hydrogens is 448 g/mol. The second-order valence-corrected chi connectivity index (χ2v) is 9.02. The van der Waals surface area contributed by atoms with Crippen molar-refractivity contribution in [3.63, 3.8) is 0 Å². The molecule has 0 saturated heterocycles. The molecule has 0 bridgehead atoms. The number of nitrogens with zero attached hydrogens (tertiary/aromatic N) is 4. The van der Waals surface area contributed by atoms with Gasteiger partial charge >= 0.3 is 0 Å². The molecule has 0 unspecified atom stereocenters. The Morgan fingerprint density at radius 3 is 2.62 bits per heavy atom. The van der Waals surface area contributed by atoms with Crippen molar-refractivity contribution in [2.24, 2.45) is 0 Å². The average Bonchev–Trinajstić information content (AvgIpc) is 3.49. The van der Waals surface area contributed by atoms with E-state index in [2.05, 4.69) is 23.6 Å². The lowest BCUT2D eigenvalue weighted by molar-refractivity contribution is -0.112. The Labute approximate surface area is 200 Å². The monoisotopic (exact) mass is 472 g/mol. The van der Waals surface area contributed by atoms with Crippen molar-refractivity contribution in [2.45, 2.75) is 26.2 Å². The summed E-state index contributed by atoms with van der Waals surface area (Å²) in [5.41, 5.74) is 2.37. The molecule has 0 saturated carbocycles. The van der Waals surface area contributed by atoms with Gasteiger partial charge in [0.1, 0.15) is 10.3 Å². The van der Waals surface area contributed by atoms with Crippen LogP contribution in [0.15, 0.2) is 66.0 Å². The summed E-state index contributed by atoms with van der Waals surface area (Å²) in [5, 5.41) is 4.44. The lowest BCUT2D eigenvalue weighted by Gasteiger charge is -2.13. The minimum Gasteiger partial charge on any atom is -0.494 e. The number of para-hydroxylation sites is 1. The highest BCUT2D eigenvalue weighted by Gasteiger charge is 2.33. The fourth-order valence-electron chi connectivity index (χ4n) is 4.06. The van der Waals surface area contributed by atoms with E-state index >= 15 is 0 Å². The Bertz CT molecular complexity index is 1490. The maximum absolute atomic E-state index is 13.2. The number of anilines is 1. The number of carbonyl (C=O) groups is 1. The largest absolute Gasteiger partial charge is 0.494 e. The zero-order chi connectivity index (χ0) is 23.7. The van der Waals surface area contributed by atoms with Crippen molar-refractivity contribution in [1.29, 1.82) is 0 Å². The van der Waals surface area contributed by atoms with Gasteiger partial charge in [-0.05, 0) is 36.8 Å². The van der Waals surface area contributed by atoms with E-state index in [0.717, 1.165) is 41.8 Å². The van der Waals surface area contributed by atoms with E-state index in [1.54, 1.807) is 11.0 Å². The van der Waals surface area contributed by atoms with Gasteiger partial charge in [0.05, 0.1) is 17.9 Å². The first-order valence-corrected chi connectivity index (χ1v) is 12.1. The summed E-state index contributed by atoms with van der Waals surface area (Å²) in [5.74, 6) is 1.05. The second kappa shape index (κ2) is 9.23. The molecule has 1 amide bonds. The number of thiazole rings is 1. The predicted octanol–water partition coefficient (Wildman–Crippen LogP) is 3.84. The molecule has 0 N–H and O–H groups in total. The molecule has 34 heavy (non-hydrogen) atoms. The van der Waals surface area contributed by atoms with Gasteiger partial charge in [-0.15, -0.1) is 11.7 Å². The third-order valence-corrected chi connectivity index (χ3v) is 6.78. The minimum atomic E-state index is -0.340. The highest BCUT2D eigenvalue weighted by molar-refractivity contribution is 7.15. The summed E-state index contributed by atoms with van der Waals surface area (Å²) in [4.78, 5) is 33.1. The van der Waals surface area contributed by atoms with Gasteiger partial charge in [-0.1, -0.05) is 55.4 Å². The van der Waals surface area contributed by atoms with Crippen molar-refractivity contribution in [3.8, 4) is 17.1 Å². The van der Waals surface area contributed by atoms with E-state index in [0.29, 0.717) is 34.0 Å². The zero-order valence-corrected chi connectivity index (χ0v) is 19.7. The number of hydrogen-bond donors (Lipinski definition) is 0. The lowest BCUT2D eigenvalue weighted by atomic mass is 10.1. The van der Waals surface area contributed by atoms with Crippen LogP contribution in [-0.2, 0) is 4.79 Å². The van der Waals surface area contributed by atoms with Crippen LogP contribution in [0.4, 0.5) is 5.69 Å². The van der Waals surface area contributed by atoms with Gasteiger partial charge in [0.2, 0.25) is 4.96 Å². The molecule has 5 rings (SSSR count). The number of rotatable bonds is 8. The van der Waals surface area contributed by atoms with E-state index < -0.39 is 0 Å². The van der Waals surface area contributed by atoms with E-state index in [9.17, 15) is 9.59 Å². The molecule has 4 aromatic rings. The van der Waals surface area contributed by atoms with Gasteiger partial charge < -0.3 is 9.64 Å². The second-order valence-electron chi connectivity index (χ2n) is 8.04. The summed E-state index contributed by atoms with van der Waals surface area (Å²) in [6.45, 7) is 6.97. The molecule has 1 aliphatic heterocycles. The van der Waals surface area contributed by atoms with Crippen molar-refractivity contribution in [3.05, 3.63) is 81.6 Å². The van der Waals surface area contributed by atoms with Crippen LogP contribution in [0.5, 0.6) is 5.75 Å². The van der Waals surface area contributed by atoms with Crippen LogP contribution < -0.4 is 19.7 Å². The van der Waals surface area contributed by atoms with Crippen molar-refractivity contribution >= 4 is 33.5 Å². The number of benzene rings is 2. The molecule has 0 atom stereocenters. The fourth-order valence-corrected chi connectivity index (χ4v) is 5.06. The first-order chi connectivity index (χ1) is 16.6. The number of carbonyl (C=O) groups excluding carboxylic acids is 1. The standard InChI is InChI=1S/C26H24N4O3S/c1-3-5-8-16-33-18-13-11-17(12-14-18)23-27-26-30(28-23)25(32)22(34-26)21-19-9-6-7-10-20(19)29(15-4-2)24(21)31/h4,6-7,9-14H,2-3,5,8,15-16H2,1H3/b22-21-. The van der Waals surface area contributed by atoms with Crippen molar-refractivity contribution in [1.82, 2.24) is 14.6 Å². The highest BCUT2D eigenvalue weighted by Crippen LogP contribution is 2.35. The van der Waals surface area contributed by atoms with Gasteiger partial charge in [-0.25, -0.2) is 0 Å². The summed E-state index contributed by atoms with van der Waals surface area (Å²) in [6, 6.07) is 15.0. The quantitative estimate of drug-likeness (QED) is 0.288. The molecule has 1 aliphatic rings. The molecule has 0 spiro atoms. The number of unbranched alkanes of at least 4 members (excludes halogenated alkanes) is 2. The zero-order valence-electron chi connectivity index (χ0n) is 18.9. The molecule has 0 radical (unpaired) electrons. The number of ether oxygens (including phenoxy) is 1. The third-order valence-electron chi connectivity index (χ3n) is 5.75. The summed E-state index contributed by atoms with van der Waals surface area (Å²) in [7, 11) is 0. The Balaban J connectivity index is 1.49. The normalized spacial score (nSPS) is 14.6. The molecule has 0 fully saturated rings. The molecular formula is C26H24N4O3S. The SMILES string of the molecule is C=CCN1C(=O)/C(=c2\sc3nc(-c4ccc(OCCCCC)cc4)nn3c2=O)c2ccccc21. The Morgan fingerprint density at radius 1 is 1.09 bits per heavy atom. The molecule has 172 valence electrons. The summed E-state index contributed by atoms with van der Waals surface area (Å²) in [6.07, 6.45) is 5.01. The van der Waals surface area contributed by atoms with E-state index in [1.807, 2.05) is 48.5 Å². The maximum Gasteiger partial charge on any atom is 0.291 e. The molecule has 2 aromatic carbocycles. The van der Waals surface area contributed by atoms with E-state index in [1.165, 1.54) is 15.9 Å². The van der Waals surface area contributed by atoms with Crippen LogP contribution >= 0.6 is 11.3 Å². The smallest absolute Gasteiger partial charge is 0.291 e. The predicted molar refractivity (Wildman–Crippen MR) is 134 cm³/mol. The molecule has 3 heterocycles. The van der Waals surface area contributed by atoms with Gasteiger partial charge in [0, 0.05) is 17.7 Å². The van der Waals surface area contributed by atoms with Gasteiger partial charge in [0.25, 0.3) is 11.5 Å². The average molecular weight is 473 g/mol. The number of amides is 1. The number of fused-ring (bicyclic) bond motifs is 2. The van der Waals surface area contributed by atoms with E-state index in [-0.39, 0.29) is 11.5 Å². The van der Waals surface area contributed by atoms with Crippen LogP contribution in [0.25, 0.3) is 21.9 Å². The molecule has 8 heteroatoms. The van der Waals surface area contributed by atoms with Gasteiger partial charge in [0.15, 0.2) is 5.82 Å². The summed E-state index contributed by atoms with van der Waals surface area (Å²) < 4.78 is 7.39. The van der Waals surface area contributed by atoms with Crippen LogP contribution in [-0.4, -0.2) is 33.7 Å². The van der Waals surface area contributed by atoms with E-state index in [4.69, 9.17) is 4.74 Å². The Morgan fingerprint density at radius 2 is 1.88 bits per heavy atom. The lowest BCUT2D eigenvalue weighted by Crippen LogP contribution is -2.32. The minimum absolute atomic E-state index is 0.211. The van der Waals surface area contributed by atoms with Crippen LogP contribution in [0.1, 0.15) is 31.7 Å². The van der Waals surface area contributed by atoms with Crippen LogP contribution in [0, 0.1) is 0 Å². The Kier molecular flexibility index (Phi) is 5.98. The molecule has 2 aromatic heterocycles. The number of hydrogen-bond acceptors (Lipinski definition) is 6. The van der Waals surface area contributed by atoms with Gasteiger partial charge in [-0.3, -0.25) is 9.59 Å². The van der Waals surface area contributed by atoms with Crippen LogP contribution in [0.2, 0.25) is 0 Å².